The summed E-state index contributed by atoms with van der Waals surface area (Å²) in [4.78, 5) is 15.1. The summed E-state index contributed by atoms with van der Waals surface area (Å²) >= 11 is 11.0. The van der Waals surface area contributed by atoms with Gasteiger partial charge in [-0.1, -0.05) is 23.2 Å². The van der Waals surface area contributed by atoms with Crippen LogP contribution in [0.2, 0.25) is 10.0 Å². The number of allylic oxidation sites excluding steroid dienone is 4. The second-order valence-electron chi connectivity index (χ2n) is 4.72. The van der Waals surface area contributed by atoms with Crippen molar-refractivity contribution < 1.29 is 15.0 Å². The molecule has 0 unspecified atom stereocenters. The number of aromatic hydroxyl groups is 2. The Morgan fingerprint density at radius 3 is 2.00 bits per heavy atom. The largest absolute Gasteiger partial charge is 0.508 e. The van der Waals surface area contributed by atoms with Crippen molar-refractivity contribution in [3.8, 4) is 11.5 Å². The first kappa shape index (κ1) is 17.8. The monoisotopic (exact) mass is 361 g/mol. The van der Waals surface area contributed by atoms with Crippen LogP contribution < -0.4 is 0 Å². The molecule has 1 aliphatic carbocycles. The van der Waals surface area contributed by atoms with E-state index in [-0.39, 0.29) is 22.3 Å². The molecule has 2 N–H and O–H groups in total. The Labute approximate surface area is 149 Å². The molecule has 0 heterocycles. The van der Waals surface area contributed by atoms with E-state index in [4.69, 9.17) is 33.4 Å². The van der Waals surface area contributed by atoms with Gasteiger partial charge in [-0.05, 0) is 66.8 Å². The Kier molecular flexibility index (Phi) is 6.18. The molecule has 24 heavy (non-hydrogen) atoms. The summed E-state index contributed by atoms with van der Waals surface area (Å²) in [6.45, 7) is 0. The normalized spacial score (nSPS) is 12.6. The summed E-state index contributed by atoms with van der Waals surface area (Å²) in [5.74, 6) is 0.240. The average Bonchev–Trinajstić information content (AvgIpc) is 2.56. The van der Waals surface area contributed by atoms with E-state index in [9.17, 15) is 4.79 Å². The number of ketones is 1. The Morgan fingerprint density at radius 2 is 1.46 bits per heavy atom. The first-order chi connectivity index (χ1) is 11.4. The average molecular weight is 362 g/mol. The zero-order valence-corrected chi connectivity index (χ0v) is 13.9. The van der Waals surface area contributed by atoms with Crippen molar-refractivity contribution in [2.24, 2.45) is 4.99 Å². The molecule has 0 bridgehead atoms. The fraction of sp³-hybridized carbons (Fsp3) is 0. The second kappa shape index (κ2) is 8.34. The van der Waals surface area contributed by atoms with Gasteiger partial charge in [-0.25, -0.2) is 4.99 Å². The smallest absolute Gasteiger partial charge is 0.178 e. The van der Waals surface area contributed by atoms with Crippen molar-refractivity contribution in [1.82, 2.24) is 0 Å². The van der Waals surface area contributed by atoms with Gasteiger partial charge in [0, 0.05) is 5.02 Å². The number of nitrogens with zero attached hydrogens (tertiary/aromatic N) is 1. The molecule has 0 amide bonds. The molecule has 0 saturated heterocycles. The second-order valence-corrected chi connectivity index (χ2v) is 5.56. The SMILES string of the molecule is O=C1C=CC(=Nc2ccc(O)cc2)C=C1.Oc1ccc(Cl)cc1Cl. The molecule has 4 nitrogen and oxygen atoms in total. The minimum absolute atomic E-state index is 0.0281. The Balaban J connectivity index is 0.000000198. The summed E-state index contributed by atoms with van der Waals surface area (Å²) in [5.41, 5.74) is 1.46. The van der Waals surface area contributed by atoms with Crippen molar-refractivity contribution in [3.63, 3.8) is 0 Å². The minimum atomic E-state index is -0.0281. The van der Waals surface area contributed by atoms with Crippen LogP contribution in [0.4, 0.5) is 5.69 Å². The topological polar surface area (TPSA) is 69.9 Å². The lowest BCUT2D eigenvalue weighted by molar-refractivity contribution is -0.110. The summed E-state index contributed by atoms with van der Waals surface area (Å²) in [7, 11) is 0. The molecule has 0 atom stereocenters. The van der Waals surface area contributed by atoms with E-state index in [1.165, 1.54) is 24.3 Å². The zero-order chi connectivity index (χ0) is 17.5. The van der Waals surface area contributed by atoms with Crippen molar-refractivity contribution in [2.45, 2.75) is 0 Å². The predicted octanol–water partition coefficient (Wildman–Crippen LogP) is 4.86. The first-order valence-electron chi connectivity index (χ1n) is 6.86. The molecule has 2 aromatic rings. The lowest BCUT2D eigenvalue weighted by Gasteiger charge is -1.99. The number of aliphatic imine (C=N–C) groups is 1. The highest BCUT2D eigenvalue weighted by molar-refractivity contribution is 6.35. The van der Waals surface area contributed by atoms with Crippen molar-refractivity contribution in [2.75, 3.05) is 0 Å². The van der Waals surface area contributed by atoms with Gasteiger partial charge in [0.1, 0.15) is 11.5 Å². The van der Waals surface area contributed by atoms with Crippen LogP contribution in [-0.4, -0.2) is 21.7 Å². The van der Waals surface area contributed by atoms with Gasteiger partial charge in [-0.3, -0.25) is 4.79 Å². The van der Waals surface area contributed by atoms with Crippen LogP contribution in [-0.2, 0) is 4.79 Å². The molecule has 0 radical (unpaired) electrons. The molecule has 2 aromatic carbocycles. The predicted molar refractivity (Wildman–Crippen MR) is 96.6 cm³/mol. The highest BCUT2D eigenvalue weighted by atomic mass is 35.5. The molecule has 0 spiro atoms. The van der Waals surface area contributed by atoms with E-state index in [0.717, 1.165) is 11.4 Å². The number of rotatable bonds is 1. The van der Waals surface area contributed by atoms with Crippen molar-refractivity contribution in [1.29, 1.82) is 0 Å². The maximum absolute atomic E-state index is 10.8. The van der Waals surface area contributed by atoms with E-state index < -0.39 is 0 Å². The van der Waals surface area contributed by atoms with Gasteiger partial charge in [0.2, 0.25) is 0 Å². The van der Waals surface area contributed by atoms with E-state index in [2.05, 4.69) is 4.99 Å². The number of benzene rings is 2. The van der Waals surface area contributed by atoms with Crippen LogP contribution in [0, 0.1) is 0 Å². The van der Waals surface area contributed by atoms with Crippen LogP contribution in [0.25, 0.3) is 0 Å². The summed E-state index contributed by atoms with van der Waals surface area (Å²) in [5, 5.41) is 18.7. The summed E-state index contributed by atoms with van der Waals surface area (Å²) < 4.78 is 0. The lowest BCUT2D eigenvalue weighted by Crippen LogP contribution is -1.98. The zero-order valence-electron chi connectivity index (χ0n) is 12.4. The quantitative estimate of drug-likeness (QED) is 0.712. The van der Waals surface area contributed by atoms with Crippen LogP contribution in [0.15, 0.2) is 71.8 Å². The number of phenolic OH excluding ortho intramolecular Hbond substituents is 2. The number of halogens is 2. The molecular formula is C18H13Cl2NO3. The minimum Gasteiger partial charge on any atom is -0.508 e. The fourth-order valence-corrected chi connectivity index (χ4v) is 2.09. The number of carbonyl (C=O) groups is 1. The molecule has 1 aliphatic rings. The highest BCUT2D eigenvalue weighted by Gasteiger charge is 1.99. The van der Waals surface area contributed by atoms with E-state index in [0.29, 0.717) is 5.02 Å². The van der Waals surface area contributed by atoms with Gasteiger partial charge in [0.05, 0.1) is 16.4 Å². The van der Waals surface area contributed by atoms with Crippen LogP contribution >= 0.6 is 23.2 Å². The standard InChI is InChI=1S/C12H9NO2.C6H4Cl2O/c14-11-5-1-9(2-6-11)13-10-3-7-12(15)8-4-10;7-4-1-2-6(9)5(8)3-4/h1-8,14H;1-3,9H. The van der Waals surface area contributed by atoms with Gasteiger partial charge in [0.25, 0.3) is 0 Å². The van der Waals surface area contributed by atoms with Crippen LogP contribution in [0.3, 0.4) is 0 Å². The van der Waals surface area contributed by atoms with Crippen molar-refractivity contribution >= 4 is 40.4 Å². The number of hydrogen-bond acceptors (Lipinski definition) is 4. The van der Waals surface area contributed by atoms with Crippen LogP contribution in [0.5, 0.6) is 11.5 Å². The third-order valence-corrected chi connectivity index (χ3v) is 3.39. The van der Waals surface area contributed by atoms with E-state index >= 15 is 0 Å². The van der Waals surface area contributed by atoms with Gasteiger partial charge in [-0.15, -0.1) is 0 Å². The van der Waals surface area contributed by atoms with Gasteiger partial charge in [0.15, 0.2) is 5.78 Å². The van der Waals surface area contributed by atoms with Gasteiger partial charge >= 0.3 is 0 Å². The molecular weight excluding hydrogens is 349 g/mol. The molecule has 0 aromatic heterocycles. The molecule has 0 saturated carbocycles. The fourth-order valence-electron chi connectivity index (χ4n) is 1.68. The maximum Gasteiger partial charge on any atom is 0.178 e. The number of phenols is 2. The van der Waals surface area contributed by atoms with E-state index in [1.807, 2.05) is 0 Å². The van der Waals surface area contributed by atoms with Crippen molar-refractivity contribution in [3.05, 3.63) is 76.8 Å². The molecule has 0 aliphatic heterocycles. The maximum atomic E-state index is 10.8. The van der Waals surface area contributed by atoms with E-state index in [1.54, 1.807) is 42.5 Å². The Morgan fingerprint density at radius 1 is 0.833 bits per heavy atom. The number of hydrogen-bond donors (Lipinski definition) is 2. The first-order valence-corrected chi connectivity index (χ1v) is 7.61. The summed E-state index contributed by atoms with van der Waals surface area (Å²) in [6, 6.07) is 11.1. The third-order valence-electron chi connectivity index (χ3n) is 2.85. The molecule has 6 heteroatoms. The summed E-state index contributed by atoms with van der Waals surface area (Å²) in [6.07, 6.45) is 6.27. The third kappa shape index (κ3) is 5.57. The molecule has 3 rings (SSSR count). The lowest BCUT2D eigenvalue weighted by atomic mass is 10.1. The van der Waals surface area contributed by atoms with Gasteiger partial charge in [-0.2, -0.15) is 0 Å². The van der Waals surface area contributed by atoms with Gasteiger partial charge < -0.3 is 10.2 Å². The molecule has 0 fully saturated rings. The Hall–Kier alpha value is -2.56. The van der Waals surface area contributed by atoms with Crippen LogP contribution in [0.1, 0.15) is 0 Å². The Bertz CT molecular complexity index is 807. The molecule has 122 valence electrons. The number of carbonyl (C=O) groups excluding carboxylic acids is 1. The highest BCUT2D eigenvalue weighted by Crippen LogP contribution is 2.25.